The Morgan fingerprint density at radius 3 is 2.13 bits per heavy atom. The molecule has 2 rings (SSSR count). The van der Waals surface area contributed by atoms with E-state index in [2.05, 4.69) is 0 Å². The van der Waals surface area contributed by atoms with Crippen molar-refractivity contribution >= 4 is 25.2 Å². The van der Waals surface area contributed by atoms with Gasteiger partial charge in [-0.2, -0.15) is 13.5 Å². The highest BCUT2D eigenvalue weighted by Crippen LogP contribution is 2.34. The van der Waals surface area contributed by atoms with Crippen LogP contribution in [0.15, 0.2) is 46.9 Å². The summed E-state index contributed by atoms with van der Waals surface area (Å²) >= 11 is 0. The zero-order valence-corrected chi connectivity index (χ0v) is 14.8. The fraction of sp³-hybridized carbons (Fsp3) is 0.235. The predicted molar refractivity (Wildman–Crippen MR) is 99.4 cm³/mol. The molecule has 0 unspecified atom stereocenters. The molecule has 0 radical (unpaired) electrons. The number of phenolic OH excluding ortho intramolecular Hbond substituents is 1. The van der Waals surface area contributed by atoms with Crippen LogP contribution in [0.2, 0.25) is 0 Å². The second-order valence-electron chi connectivity index (χ2n) is 3.88. The Morgan fingerprint density at radius 2 is 1.70 bits per heavy atom. The molecule has 1 aromatic heterocycles. The van der Waals surface area contributed by atoms with Crippen LogP contribution >= 0.6 is 13.5 Å². The van der Waals surface area contributed by atoms with Gasteiger partial charge in [0, 0.05) is 0 Å². The van der Waals surface area contributed by atoms with Gasteiger partial charge >= 0.3 is 5.97 Å². The minimum atomic E-state index is -1.16. The second-order valence-corrected chi connectivity index (χ2v) is 3.88. The van der Waals surface area contributed by atoms with Crippen molar-refractivity contribution in [3.8, 4) is 17.1 Å². The lowest BCUT2D eigenvalue weighted by molar-refractivity contribution is 0.0663. The molecule has 0 amide bonds. The molecule has 4 N–H and O–H groups in total. The molecule has 0 aliphatic heterocycles. The van der Waals surface area contributed by atoms with Crippen molar-refractivity contribution < 1.29 is 19.4 Å². The smallest absolute Gasteiger partial charge is 0.371 e. The molecule has 128 valence electrons. The monoisotopic (exact) mass is 339 g/mol. The number of aromatic carboxylic acids is 1. The van der Waals surface area contributed by atoms with Crippen molar-refractivity contribution in [3.63, 3.8) is 0 Å². The first kappa shape index (κ1) is 22.9. The molecule has 0 aliphatic rings. The van der Waals surface area contributed by atoms with Crippen LogP contribution in [0.5, 0.6) is 5.75 Å². The van der Waals surface area contributed by atoms with Crippen molar-refractivity contribution in [2.45, 2.75) is 27.7 Å². The lowest BCUT2D eigenvalue weighted by Gasteiger charge is -2.03. The quantitative estimate of drug-likeness (QED) is 0.420. The number of para-hydroxylation sites is 1. The van der Waals surface area contributed by atoms with E-state index in [9.17, 15) is 9.90 Å². The lowest BCUT2D eigenvalue weighted by atomic mass is 10.1. The Kier molecular flexibility index (Phi) is 12.2. The first-order chi connectivity index (χ1) is 10.5. The number of rotatable bonds is 2. The van der Waals surface area contributed by atoms with E-state index in [1.54, 1.807) is 18.2 Å². The normalized spacial score (nSPS) is 9.04. The number of carbonyl (C=O) groups is 1. The largest absolute Gasteiger partial charge is 0.505 e. The maximum atomic E-state index is 10.6. The fourth-order valence-corrected chi connectivity index (χ4v) is 1.36. The fourth-order valence-electron chi connectivity index (χ4n) is 1.36. The van der Waals surface area contributed by atoms with Gasteiger partial charge in [-0.15, -0.1) is 0 Å². The second kappa shape index (κ2) is 12.2. The van der Waals surface area contributed by atoms with Crippen LogP contribution in [-0.4, -0.2) is 16.2 Å². The summed E-state index contributed by atoms with van der Waals surface area (Å²) in [6.45, 7) is 8.00. The number of aromatic hydroxyl groups is 1. The zero-order valence-electron chi connectivity index (χ0n) is 13.8. The number of nitrogen functional groups attached to an aromatic ring is 1. The molecule has 0 spiro atoms. The standard InChI is InChI=1S/C11H9NO4.C4H8.C2H6.H2S/c12-7-3-1-2-6(10(7)13)8-4-5-9(16-8)11(14)15;1-3-4-2;1-2;/h1-5,13H,12H2,(H,14,15);3-4H,1-2H3;1-2H3;1H2. The highest BCUT2D eigenvalue weighted by molar-refractivity contribution is 7.59. The van der Waals surface area contributed by atoms with E-state index in [1.165, 1.54) is 12.1 Å². The number of nitrogens with two attached hydrogens (primary N) is 1. The van der Waals surface area contributed by atoms with E-state index < -0.39 is 5.97 Å². The van der Waals surface area contributed by atoms with Crippen LogP contribution in [0, 0.1) is 0 Å². The molecule has 5 nitrogen and oxygen atoms in total. The van der Waals surface area contributed by atoms with Gasteiger partial charge in [0.2, 0.25) is 5.76 Å². The third-order valence-corrected chi connectivity index (χ3v) is 2.48. The summed E-state index contributed by atoms with van der Waals surface area (Å²) in [5.74, 6) is -1.19. The summed E-state index contributed by atoms with van der Waals surface area (Å²) in [5.41, 5.74) is 6.10. The molecule has 1 heterocycles. The minimum Gasteiger partial charge on any atom is -0.505 e. The molecule has 0 aliphatic carbocycles. The van der Waals surface area contributed by atoms with Gasteiger partial charge < -0.3 is 20.4 Å². The highest BCUT2D eigenvalue weighted by atomic mass is 32.1. The van der Waals surface area contributed by atoms with Crippen molar-refractivity contribution in [1.29, 1.82) is 0 Å². The summed E-state index contributed by atoms with van der Waals surface area (Å²) in [4.78, 5) is 10.6. The Hall–Kier alpha value is -2.34. The number of phenols is 1. The Bertz CT molecular complexity index is 617. The first-order valence-electron chi connectivity index (χ1n) is 6.99. The Balaban J connectivity index is 0. The molecule has 0 saturated heterocycles. The van der Waals surface area contributed by atoms with Gasteiger partial charge in [-0.1, -0.05) is 32.1 Å². The summed E-state index contributed by atoms with van der Waals surface area (Å²) in [6, 6.07) is 7.57. The number of carboxylic acids is 1. The Morgan fingerprint density at radius 1 is 1.13 bits per heavy atom. The third-order valence-electron chi connectivity index (χ3n) is 2.48. The molecule has 1 aromatic carbocycles. The summed E-state index contributed by atoms with van der Waals surface area (Å²) in [6.07, 6.45) is 4.00. The molecule has 0 atom stereocenters. The number of benzene rings is 1. The average molecular weight is 339 g/mol. The molecule has 2 aromatic rings. The van der Waals surface area contributed by atoms with E-state index in [0.29, 0.717) is 5.56 Å². The zero-order chi connectivity index (χ0) is 17.1. The maximum Gasteiger partial charge on any atom is 0.371 e. The van der Waals surface area contributed by atoms with Crippen LogP contribution in [0.1, 0.15) is 38.2 Å². The van der Waals surface area contributed by atoms with Gasteiger partial charge in [0.15, 0.2) is 0 Å². The number of carboxylic acid groups (broad SMARTS) is 1. The lowest BCUT2D eigenvalue weighted by Crippen LogP contribution is -1.91. The molecular formula is C17H25NO4S. The molecular weight excluding hydrogens is 314 g/mol. The minimum absolute atomic E-state index is 0. The van der Waals surface area contributed by atoms with Crippen molar-refractivity contribution in [2.75, 3.05) is 5.73 Å². The van der Waals surface area contributed by atoms with Gasteiger partial charge in [-0.05, 0) is 38.1 Å². The van der Waals surface area contributed by atoms with Crippen molar-refractivity contribution in [1.82, 2.24) is 0 Å². The van der Waals surface area contributed by atoms with E-state index in [-0.39, 0.29) is 36.5 Å². The summed E-state index contributed by atoms with van der Waals surface area (Å²) in [7, 11) is 0. The molecule has 6 heteroatoms. The Labute approximate surface area is 143 Å². The van der Waals surface area contributed by atoms with Gasteiger partial charge in [-0.3, -0.25) is 0 Å². The number of hydrogen-bond acceptors (Lipinski definition) is 4. The van der Waals surface area contributed by atoms with Gasteiger partial charge in [0.05, 0.1) is 11.3 Å². The SMILES string of the molecule is CC.CC=CC.Nc1cccc(-c2ccc(C(=O)O)o2)c1O.S. The molecule has 0 bridgehead atoms. The molecule has 0 saturated carbocycles. The topological polar surface area (TPSA) is 96.7 Å². The van der Waals surface area contributed by atoms with Crippen LogP contribution in [0.3, 0.4) is 0 Å². The van der Waals surface area contributed by atoms with E-state index in [4.69, 9.17) is 15.3 Å². The average Bonchev–Trinajstić information content (AvgIpc) is 3.02. The maximum absolute atomic E-state index is 10.6. The van der Waals surface area contributed by atoms with E-state index in [0.717, 1.165) is 0 Å². The van der Waals surface area contributed by atoms with Crippen molar-refractivity contribution in [3.05, 3.63) is 48.2 Å². The van der Waals surface area contributed by atoms with Crippen LogP contribution in [-0.2, 0) is 0 Å². The molecule has 0 fully saturated rings. The first-order valence-corrected chi connectivity index (χ1v) is 6.99. The number of furan rings is 1. The van der Waals surface area contributed by atoms with Crippen LogP contribution < -0.4 is 5.73 Å². The van der Waals surface area contributed by atoms with Crippen molar-refractivity contribution in [2.24, 2.45) is 0 Å². The van der Waals surface area contributed by atoms with Gasteiger partial charge in [0.1, 0.15) is 11.5 Å². The summed E-state index contributed by atoms with van der Waals surface area (Å²) < 4.78 is 5.05. The van der Waals surface area contributed by atoms with E-state index in [1.807, 2.05) is 39.8 Å². The van der Waals surface area contributed by atoms with Crippen LogP contribution in [0.4, 0.5) is 5.69 Å². The van der Waals surface area contributed by atoms with E-state index >= 15 is 0 Å². The number of allylic oxidation sites excluding steroid dienone is 2. The number of hydrogen-bond donors (Lipinski definition) is 3. The predicted octanol–water partition coefficient (Wildman–Crippen LogP) is 4.65. The third kappa shape index (κ3) is 6.97. The summed E-state index contributed by atoms with van der Waals surface area (Å²) in [5, 5.41) is 18.4. The van der Waals surface area contributed by atoms with Gasteiger partial charge in [0.25, 0.3) is 0 Å². The molecule has 23 heavy (non-hydrogen) atoms. The van der Waals surface area contributed by atoms with Gasteiger partial charge in [-0.25, -0.2) is 4.79 Å². The highest BCUT2D eigenvalue weighted by Gasteiger charge is 2.13. The van der Waals surface area contributed by atoms with Crippen LogP contribution in [0.25, 0.3) is 11.3 Å². The number of anilines is 1.